The van der Waals surface area contributed by atoms with Gasteiger partial charge in [0.25, 0.3) is 0 Å². The van der Waals surface area contributed by atoms with Crippen LogP contribution in [0.4, 0.5) is 0 Å². The maximum Gasteiger partial charge on any atom is 0.139 e. The second-order valence-electron chi connectivity index (χ2n) is 4.06. The second kappa shape index (κ2) is 4.69. The van der Waals surface area contributed by atoms with Gasteiger partial charge >= 0.3 is 0 Å². The number of aryl methyl sites for hydroxylation is 2. The van der Waals surface area contributed by atoms with Gasteiger partial charge < -0.3 is 0 Å². The standard InChI is InChI=1S/C11H17NOS/c1-7(2)5-10(13)6-11-12-8(3)9(4)14-11/h7H,5-6H2,1-4H3. The van der Waals surface area contributed by atoms with E-state index in [2.05, 4.69) is 18.8 Å². The zero-order valence-corrected chi connectivity index (χ0v) is 10.1. The van der Waals surface area contributed by atoms with E-state index in [0.717, 1.165) is 10.7 Å². The summed E-state index contributed by atoms with van der Waals surface area (Å²) in [6.07, 6.45) is 1.18. The lowest BCUT2D eigenvalue weighted by atomic mass is 10.1. The number of carbonyl (C=O) groups is 1. The van der Waals surface area contributed by atoms with Gasteiger partial charge in [-0.05, 0) is 19.8 Å². The molecule has 0 radical (unpaired) electrons. The summed E-state index contributed by atoms with van der Waals surface area (Å²) in [5, 5.41) is 0.964. The Bertz CT molecular complexity index is 309. The van der Waals surface area contributed by atoms with Crippen LogP contribution in [0.3, 0.4) is 0 Å². The van der Waals surface area contributed by atoms with Gasteiger partial charge in [-0.2, -0.15) is 0 Å². The summed E-state index contributed by atoms with van der Waals surface area (Å²) >= 11 is 1.64. The van der Waals surface area contributed by atoms with Crippen molar-refractivity contribution in [1.29, 1.82) is 0 Å². The molecule has 1 heterocycles. The van der Waals surface area contributed by atoms with Crippen LogP contribution in [-0.4, -0.2) is 10.8 Å². The van der Waals surface area contributed by atoms with E-state index in [4.69, 9.17) is 0 Å². The van der Waals surface area contributed by atoms with Crippen LogP contribution in [0.1, 0.15) is 35.8 Å². The fraction of sp³-hybridized carbons (Fsp3) is 0.636. The number of thiazole rings is 1. The number of Topliss-reactive ketones (excluding diaryl/α,β-unsaturated/α-hetero) is 1. The van der Waals surface area contributed by atoms with E-state index in [1.807, 2.05) is 13.8 Å². The highest BCUT2D eigenvalue weighted by molar-refractivity contribution is 7.11. The van der Waals surface area contributed by atoms with Gasteiger partial charge in [-0.25, -0.2) is 4.98 Å². The minimum atomic E-state index is 0.300. The Morgan fingerprint density at radius 3 is 2.50 bits per heavy atom. The fourth-order valence-corrected chi connectivity index (χ4v) is 2.27. The molecule has 0 atom stereocenters. The molecule has 0 saturated carbocycles. The van der Waals surface area contributed by atoms with E-state index in [9.17, 15) is 4.79 Å². The lowest BCUT2D eigenvalue weighted by molar-refractivity contribution is -0.119. The zero-order valence-electron chi connectivity index (χ0n) is 9.26. The molecule has 0 unspecified atom stereocenters. The molecule has 0 aliphatic rings. The summed E-state index contributed by atoms with van der Waals surface area (Å²) in [6.45, 7) is 8.16. The van der Waals surface area contributed by atoms with E-state index >= 15 is 0 Å². The van der Waals surface area contributed by atoms with Crippen molar-refractivity contribution in [3.8, 4) is 0 Å². The molecular formula is C11H17NOS. The van der Waals surface area contributed by atoms with Gasteiger partial charge in [-0.15, -0.1) is 11.3 Å². The minimum Gasteiger partial charge on any atom is -0.299 e. The van der Waals surface area contributed by atoms with E-state index < -0.39 is 0 Å². The smallest absolute Gasteiger partial charge is 0.139 e. The van der Waals surface area contributed by atoms with Crippen LogP contribution in [-0.2, 0) is 11.2 Å². The molecule has 3 heteroatoms. The summed E-state index contributed by atoms with van der Waals surface area (Å²) in [5.74, 6) is 0.749. The first kappa shape index (κ1) is 11.4. The molecule has 0 bridgehead atoms. The van der Waals surface area contributed by atoms with Crippen molar-refractivity contribution in [3.05, 3.63) is 15.6 Å². The summed E-state index contributed by atoms with van der Waals surface area (Å²) in [6, 6.07) is 0. The predicted octanol–water partition coefficient (Wildman–Crippen LogP) is 2.92. The Labute approximate surface area is 89.4 Å². The normalized spacial score (nSPS) is 10.9. The van der Waals surface area contributed by atoms with E-state index in [0.29, 0.717) is 24.5 Å². The third-order valence-corrected chi connectivity index (χ3v) is 3.13. The van der Waals surface area contributed by atoms with Gasteiger partial charge in [0.1, 0.15) is 10.8 Å². The molecule has 14 heavy (non-hydrogen) atoms. The third-order valence-electron chi connectivity index (χ3n) is 2.06. The molecule has 2 nitrogen and oxygen atoms in total. The molecule has 0 saturated heterocycles. The minimum absolute atomic E-state index is 0.300. The van der Waals surface area contributed by atoms with Gasteiger partial charge in [0.2, 0.25) is 0 Å². The van der Waals surface area contributed by atoms with Crippen molar-refractivity contribution >= 4 is 17.1 Å². The molecule has 0 aromatic carbocycles. The molecule has 1 rings (SSSR count). The Balaban J connectivity index is 2.56. The zero-order chi connectivity index (χ0) is 10.7. The largest absolute Gasteiger partial charge is 0.299 e. The number of hydrogen-bond donors (Lipinski definition) is 0. The highest BCUT2D eigenvalue weighted by Crippen LogP contribution is 2.17. The van der Waals surface area contributed by atoms with Gasteiger partial charge in [-0.1, -0.05) is 13.8 Å². The predicted molar refractivity (Wildman–Crippen MR) is 59.8 cm³/mol. The Kier molecular flexibility index (Phi) is 3.81. The van der Waals surface area contributed by atoms with Gasteiger partial charge in [0.05, 0.1) is 12.1 Å². The number of nitrogens with zero attached hydrogens (tertiary/aromatic N) is 1. The van der Waals surface area contributed by atoms with Gasteiger partial charge in [0.15, 0.2) is 0 Å². The van der Waals surface area contributed by atoms with Gasteiger partial charge in [0, 0.05) is 11.3 Å². The Hall–Kier alpha value is -0.700. The summed E-state index contributed by atoms with van der Waals surface area (Å²) in [5.41, 5.74) is 1.06. The van der Waals surface area contributed by atoms with Crippen molar-refractivity contribution in [2.45, 2.75) is 40.5 Å². The third kappa shape index (κ3) is 3.22. The quantitative estimate of drug-likeness (QED) is 0.766. The molecule has 0 N–H and O–H groups in total. The average molecular weight is 211 g/mol. The molecule has 0 fully saturated rings. The molecule has 0 aliphatic carbocycles. The summed E-state index contributed by atoms with van der Waals surface area (Å²) in [4.78, 5) is 17.1. The Morgan fingerprint density at radius 1 is 1.43 bits per heavy atom. The molecule has 0 amide bonds. The molecule has 78 valence electrons. The second-order valence-corrected chi connectivity index (χ2v) is 5.35. The topological polar surface area (TPSA) is 30.0 Å². The highest BCUT2D eigenvalue weighted by atomic mass is 32.1. The van der Waals surface area contributed by atoms with Crippen LogP contribution in [0.15, 0.2) is 0 Å². The van der Waals surface area contributed by atoms with Crippen molar-refractivity contribution in [2.24, 2.45) is 5.92 Å². The summed E-state index contributed by atoms with van der Waals surface area (Å²) < 4.78 is 0. The van der Waals surface area contributed by atoms with Crippen LogP contribution in [0.25, 0.3) is 0 Å². The van der Waals surface area contributed by atoms with Crippen LogP contribution in [0, 0.1) is 19.8 Å². The number of carbonyl (C=O) groups excluding carboxylic acids is 1. The lowest BCUT2D eigenvalue weighted by Gasteiger charge is -2.00. The van der Waals surface area contributed by atoms with E-state index in [1.165, 1.54) is 4.88 Å². The van der Waals surface area contributed by atoms with Crippen LogP contribution in [0.2, 0.25) is 0 Å². The monoisotopic (exact) mass is 211 g/mol. The maximum atomic E-state index is 11.5. The van der Waals surface area contributed by atoms with Gasteiger partial charge in [-0.3, -0.25) is 4.79 Å². The van der Waals surface area contributed by atoms with Crippen LogP contribution >= 0.6 is 11.3 Å². The summed E-state index contributed by atoms with van der Waals surface area (Å²) in [7, 11) is 0. The van der Waals surface area contributed by atoms with Crippen LogP contribution < -0.4 is 0 Å². The first-order chi connectivity index (χ1) is 6.49. The highest BCUT2D eigenvalue weighted by Gasteiger charge is 2.10. The SMILES string of the molecule is Cc1nc(CC(=O)CC(C)C)sc1C. The first-order valence-electron chi connectivity index (χ1n) is 4.93. The molecular weight excluding hydrogens is 194 g/mol. The van der Waals surface area contributed by atoms with E-state index in [-0.39, 0.29) is 0 Å². The number of ketones is 1. The maximum absolute atomic E-state index is 11.5. The van der Waals surface area contributed by atoms with E-state index in [1.54, 1.807) is 11.3 Å². The van der Waals surface area contributed by atoms with Crippen molar-refractivity contribution in [1.82, 2.24) is 4.98 Å². The molecule has 0 spiro atoms. The fourth-order valence-electron chi connectivity index (χ4n) is 1.31. The van der Waals surface area contributed by atoms with Crippen LogP contribution in [0.5, 0.6) is 0 Å². The molecule has 1 aromatic heterocycles. The molecule has 1 aromatic rings. The lowest BCUT2D eigenvalue weighted by Crippen LogP contribution is -2.05. The number of rotatable bonds is 4. The number of aromatic nitrogens is 1. The molecule has 0 aliphatic heterocycles. The van der Waals surface area contributed by atoms with Crippen molar-refractivity contribution in [2.75, 3.05) is 0 Å². The van der Waals surface area contributed by atoms with Crippen molar-refractivity contribution in [3.63, 3.8) is 0 Å². The van der Waals surface area contributed by atoms with Crippen molar-refractivity contribution < 1.29 is 4.79 Å². The average Bonchev–Trinajstić information content (AvgIpc) is 2.28. The number of hydrogen-bond acceptors (Lipinski definition) is 3. The first-order valence-corrected chi connectivity index (χ1v) is 5.75. The Morgan fingerprint density at radius 2 is 2.07 bits per heavy atom.